The molecule has 10 heteroatoms. The fourth-order valence-electron chi connectivity index (χ4n) is 5.15. The lowest BCUT2D eigenvalue weighted by molar-refractivity contribution is -0.126. The van der Waals surface area contributed by atoms with Gasteiger partial charge in [-0.25, -0.2) is 13.6 Å². The molecule has 2 aliphatic rings. The number of carbonyl (C=O) groups excluding carboxylic acids is 1. The van der Waals surface area contributed by atoms with E-state index in [4.69, 9.17) is 11.6 Å². The van der Waals surface area contributed by atoms with Gasteiger partial charge in [-0.15, -0.1) is 11.8 Å². The summed E-state index contributed by atoms with van der Waals surface area (Å²) in [5, 5.41) is 1.01. The van der Waals surface area contributed by atoms with Crippen molar-refractivity contribution in [3.8, 4) is 11.1 Å². The van der Waals surface area contributed by atoms with E-state index < -0.39 is 11.6 Å². The molecule has 5 rings (SSSR count). The Balaban J connectivity index is 1.71. The number of rotatable bonds is 5. The lowest BCUT2D eigenvalue weighted by Gasteiger charge is -2.42. The smallest absolute Gasteiger partial charge is 0.349 e. The van der Waals surface area contributed by atoms with Crippen molar-refractivity contribution < 1.29 is 13.6 Å². The molecule has 6 nitrogen and oxygen atoms in total. The van der Waals surface area contributed by atoms with Crippen molar-refractivity contribution >= 4 is 46.0 Å². The van der Waals surface area contributed by atoms with E-state index in [2.05, 4.69) is 23.4 Å². The summed E-state index contributed by atoms with van der Waals surface area (Å²) in [5.74, 6) is -0.389. The van der Waals surface area contributed by atoms with E-state index in [0.29, 0.717) is 64.1 Å². The first-order chi connectivity index (χ1) is 17.3. The van der Waals surface area contributed by atoms with Gasteiger partial charge in [0.25, 0.3) is 0 Å². The molecule has 2 aromatic carbocycles. The number of aryl methyl sites for hydroxylation is 1. The van der Waals surface area contributed by atoms with Gasteiger partial charge in [0, 0.05) is 65.4 Å². The third-order valence-electron chi connectivity index (χ3n) is 6.78. The summed E-state index contributed by atoms with van der Waals surface area (Å²) in [5.41, 5.74) is 0.907. The Morgan fingerprint density at radius 3 is 2.81 bits per heavy atom. The quantitative estimate of drug-likeness (QED) is 0.429. The summed E-state index contributed by atoms with van der Waals surface area (Å²) >= 11 is 8.27. The Morgan fingerprint density at radius 1 is 1.28 bits per heavy atom. The molecule has 3 heterocycles. The van der Waals surface area contributed by atoms with Gasteiger partial charge in [0.15, 0.2) is 0 Å². The lowest BCUT2D eigenvalue weighted by Crippen LogP contribution is -2.55. The van der Waals surface area contributed by atoms with E-state index in [1.54, 1.807) is 15.5 Å². The van der Waals surface area contributed by atoms with E-state index in [-0.39, 0.29) is 23.2 Å². The van der Waals surface area contributed by atoms with Crippen LogP contribution in [0.5, 0.6) is 0 Å². The first-order valence-corrected chi connectivity index (χ1v) is 13.2. The Labute approximate surface area is 216 Å². The fraction of sp³-hybridized carbons (Fsp3) is 0.346. The largest absolute Gasteiger partial charge is 0.350 e. The third kappa shape index (κ3) is 4.18. The average Bonchev–Trinajstić information content (AvgIpc) is 2.86. The van der Waals surface area contributed by atoms with Crippen LogP contribution in [0.4, 0.5) is 14.6 Å². The normalized spacial score (nSPS) is 17.5. The van der Waals surface area contributed by atoms with E-state index >= 15 is 0 Å². The Morgan fingerprint density at radius 2 is 2.08 bits per heavy atom. The molecule has 1 saturated heterocycles. The topological polar surface area (TPSA) is 58.4 Å². The van der Waals surface area contributed by atoms with E-state index in [1.165, 1.54) is 30.0 Å². The Hall–Kier alpha value is -2.91. The molecule has 1 aromatic heterocycles. The number of nitrogens with zero attached hydrogens (tertiary/aromatic N) is 4. The number of halogens is 3. The first-order valence-electron chi connectivity index (χ1n) is 11.9. The maximum Gasteiger partial charge on any atom is 0.350 e. The van der Waals surface area contributed by atoms with Crippen LogP contribution in [-0.4, -0.2) is 51.8 Å². The molecule has 188 valence electrons. The van der Waals surface area contributed by atoms with Crippen molar-refractivity contribution in [1.29, 1.82) is 0 Å². The zero-order valence-electron chi connectivity index (χ0n) is 19.8. The number of carbonyl (C=O) groups is 1. The van der Waals surface area contributed by atoms with Crippen LogP contribution in [0.15, 0.2) is 46.6 Å². The Kier molecular flexibility index (Phi) is 6.78. The molecular weight excluding hydrogens is 506 g/mol. The highest BCUT2D eigenvalue weighted by Crippen LogP contribution is 2.46. The van der Waals surface area contributed by atoms with E-state index in [9.17, 15) is 18.4 Å². The summed E-state index contributed by atoms with van der Waals surface area (Å²) in [4.78, 5) is 34.5. The van der Waals surface area contributed by atoms with Crippen molar-refractivity contribution in [3.05, 3.63) is 64.1 Å². The zero-order chi connectivity index (χ0) is 25.6. The van der Waals surface area contributed by atoms with Gasteiger partial charge in [0.2, 0.25) is 5.91 Å². The van der Waals surface area contributed by atoms with Crippen LogP contribution in [0.1, 0.15) is 19.8 Å². The van der Waals surface area contributed by atoms with Crippen molar-refractivity contribution in [3.63, 3.8) is 0 Å². The van der Waals surface area contributed by atoms with Crippen LogP contribution in [0.3, 0.4) is 0 Å². The summed E-state index contributed by atoms with van der Waals surface area (Å²) in [6, 6.07) is 5.10. The number of anilines is 1. The standard InChI is InChI=1S/C26H25ClF2N4O2S/c1-3-5-16-14-31(21(34)4-2)8-9-32(16)25-18-13-19(27)22(17-7-6-15(28)12-20(17)29)24-23(18)33(10-11-36-24)26(35)30-25/h4,6-7,12-13,16H,2-3,5,8-11,14H2,1H3/t16-/m0/s1. The minimum atomic E-state index is -0.715. The van der Waals surface area contributed by atoms with Gasteiger partial charge in [-0.3, -0.25) is 9.36 Å². The maximum atomic E-state index is 14.8. The average molecular weight is 531 g/mol. The Bertz CT molecular complexity index is 1440. The van der Waals surface area contributed by atoms with Crippen LogP contribution in [0.2, 0.25) is 5.02 Å². The second-order valence-corrected chi connectivity index (χ2v) is 10.4. The highest BCUT2D eigenvalue weighted by molar-refractivity contribution is 7.99. The van der Waals surface area contributed by atoms with Gasteiger partial charge in [0.1, 0.15) is 17.5 Å². The van der Waals surface area contributed by atoms with Gasteiger partial charge in [-0.05, 0) is 30.7 Å². The number of amides is 1. The molecule has 2 aliphatic heterocycles. The zero-order valence-corrected chi connectivity index (χ0v) is 21.3. The summed E-state index contributed by atoms with van der Waals surface area (Å²) in [6.45, 7) is 7.62. The molecule has 0 radical (unpaired) electrons. The number of thioether (sulfide) groups is 1. The molecule has 0 spiro atoms. The fourth-order valence-corrected chi connectivity index (χ4v) is 6.72. The molecule has 3 aromatic rings. The van der Waals surface area contributed by atoms with Crippen LogP contribution in [-0.2, 0) is 11.3 Å². The molecule has 36 heavy (non-hydrogen) atoms. The molecule has 0 N–H and O–H groups in total. The van der Waals surface area contributed by atoms with Crippen molar-refractivity contribution in [2.45, 2.75) is 37.2 Å². The molecule has 0 bridgehead atoms. The van der Waals surface area contributed by atoms with Crippen LogP contribution >= 0.6 is 23.4 Å². The van der Waals surface area contributed by atoms with Crippen LogP contribution in [0, 0.1) is 11.6 Å². The number of hydrogen-bond acceptors (Lipinski definition) is 5. The van der Waals surface area contributed by atoms with Gasteiger partial charge < -0.3 is 9.80 Å². The van der Waals surface area contributed by atoms with Crippen LogP contribution < -0.4 is 10.6 Å². The molecule has 1 amide bonds. The monoisotopic (exact) mass is 530 g/mol. The molecule has 1 atom stereocenters. The highest BCUT2D eigenvalue weighted by atomic mass is 35.5. The summed E-state index contributed by atoms with van der Waals surface area (Å²) in [7, 11) is 0. The van der Waals surface area contributed by atoms with Gasteiger partial charge in [0.05, 0.1) is 10.5 Å². The SMILES string of the molecule is C=CC(=O)N1CCN(c2nc(=O)n3c4c(c(-c5ccc(F)cc5F)c(Cl)cc24)SCC3)[C@@H](CCC)C1. The summed E-state index contributed by atoms with van der Waals surface area (Å²) < 4.78 is 30.1. The van der Waals surface area contributed by atoms with Crippen molar-refractivity contribution in [2.24, 2.45) is 0 Å². The van der Waals surface area contributed by atoms with Crippen molar-refractivity contribution in [1.82, 2.24) is 14.5 Å². The van der Waals surface area contributed by atoms with Gasteiger partial charge in [-0.2, -0.15) is 4.98 Å². The number of piperazine rings is 1. The first kappa shape index (κ1) is 24.8. The highest BCUT2D eigenvalue weighted by Gasteiger charge is 2.33. The molecule has 0 saturated carbocycles. The second kappa shape index (κ2) is 9.86. The molecule has 0 unspecified atom stereocenters. The second-order valence-electron chi connectivity index (χ2n) is 8.93. The maximum absolute atomic E-state index is 14.8. The van der Waals surface area contributed by atoms with Crippen molar-refractivity contribution in [2.75, 3.05) is 30.3 Å². The third-order valence-corrected chi connectivity index (χ3v) is 8.15. The van der Waals surface area contributed by atoms with Gasteiger partial charge in [-0.1, -0.05) is 31.5 Å². The molecule has 0 aliphatic carbocycles. The number of benzene rings is 2. The minimum Gasteiger partial charge on any atom is -0.349 e. The minimum absolute atomic E-state index is 0.0364. The predicted octanol–water partition coefficient (Wildman–Crippen LogP) is 5.10. The van der Waals surface area contributed by atoms with E-state index in [1.807, 2.05) is 0 Å². The van der Waals surface area contributed by atoms with Crippen LogP contribution in [0.25, 0.3) is 22.0 Å². The number of hydrogen-bond donors (Lipinski definition) is 0. The molecular formula is C26H25ClF2N4O2S. The van der Waals surface area contributed by atoms with Gasteiger partial charge >= 0.3 is 5.69 Å². The number of aromatic nitrogens is 2. The predicted molar refractivity (Wildman–Crippen MR) is 140 cm³/mol. The van der Waals surface area contributed by atoms with E-state index in [0.717, 1.165) is 18.9 Å². The lowest BCUT2D eigenvalue weighted by atomic mass is 10.0. The summed E-state index contributed by atoms with van der Waals surface area (Å²) in [6.07, 6.45) is 3.02. The molecule has 1 fully saturated rings.